The summed E-state index contributed by atoms with van der Waals surface area (Å²) >= 11 is 6.20. The van der Waals surface area contributed by atoms with E-state index in [1.165, 1.54) is 11.9 Å². The van der Waals surface area contributed by atoms with Gasteiger partial charge in [-0.1, -0.05) is 23.7 Å². The van der Waals surface area contributed by atoms with E-state index in [0.29, 0.717) is 18.0 Å². The summed E-state index contributed by atoms with van der Waals surface area (Å²) in [5.74, 6) is 0. The Kier molecular flexibility index (Phi) is 4.51. The Labute approximate surface area is 156 Å². The molecule has 6 heteroatoms. The van der Waals surface area contributed by atoms with Crippen molar-refractivity contribution in [3.63, 3.8) is 0 Å². The minimum absolute atomic E-state index is 0.00575. The third kappa shape index (κ3) is 3.02. The summed E-state index contributed by atoms with van der Waals surface area (Å²) in [4.78, 5) is 18.7. The summed E-state index contributed by atoms with van der Waals surface area (Å²) in [5, 5.41) is 1.38. The molecule has 2 heterocycles. The molecule has 0 radical (unpaired) electrons. The number of fused-ring (bicyclic) bond motifs is 1. The number of aromatic amines is 1. The van der Waals surface area contributed by atoms with E-state index in [1.807, 2.05) is 36.7 Å². The molecule has 1 fully saturated rings. The number of hydrogen-bond donors (Lipinski definition) is 2. The van der Waals surface area contributed by atoms with Gasteiger partial charge < -0.3 is 10.7 Å². The topological polar surface area (TPSA) is 75.7 Å². The van der Waals surface area contributed by atoms with Crippen LogP contribution < -0.4 is 15.9 Å². The molecule has 0 aliphatic heterocycles. The number of H-pyrrole nitrogens is 1. The molecule has 5 nitrogen and oxygen atoms in total. The number of benzene rings is 1. The van der Waals surface area contributed by atoms with Crippen LogP contribution in [0.5, 0.6) is 0 Å². The molecule has 3 aromatic rings. The van der Waals surface area contributed by atoms with Gasteiger partial charge in [0, 0.05) is 35.9 Å². The second kappa shape index (κ2) is 6.82. The summed E-state index contributed by atoms with van der Waals surface area (Å²) in [6.07, 6.45) is 9.51. The van der Waals surface area contributed by atoms with Gasteiger partial charge in [0.25, 0.3) is 5.56 Å². The van der Waals surface area contributed by atoms with Crippen molar-refractivity contribution in [1.29, 1.82) is 0 Å². The van der Waals surface area contributed by atoms with Crippen LogP contribution in [0.25, 0.3) is 10.9 Å². The van der Waals surface area contributed by atoms with Gasteiger partial charge in [0.2, 0.25) is 0 Å². The minimum atomic E-state index is -0.103. The first-order valence-corrected chi connectivity index (χ1v) is 9.33. The van der Waals surface area contributed by atoms with Crippen LogP contribution >= 0.6 is 11.6 Å². The molecular weight excluding hydrogens is 348 g/mol. The third-order valence-corrected chi connectivity index (χ3v) is 6.00. The predicted molar refractivity (Wildman–Crippen MR) is 102 cm³/mol. The zero-order valence-electron chi connectivity index (χ0n) is 14.5. The summed E-state index contributed by atoms with van der Waals surface area (Å²) in [5.41, 5.74) is 8.05. The van der Waals surface area contributed by atoms with Crippen LogP contribution in [-0.2, 0) is 5.41 Å². The van der Waals surface area contributed by atoms with Gasteiger partial charge >= 0.3 is 0 Å². The van der Waals surface area contributed by atoms with Crippen molar-refractivity contribution in [2.45, 2.75) is 37.1 Å². The van der Waals surface area contributed by atoms with Crippen LogP contribution in [0.2, 0.25) is 5.02 Å². The maximum atomic E-state index is 11.8. The van der Waals surface area contributed by atoms with Crippen LogP contribution in [0.3, 0.4) is 0 Å². The largest absolute Gasteiger partial charge is 0.330 e. The number of halogens is 1. The fourth-order valence-corrected chi connectivity index (χ4v) is 4.33. The molecule has 0 spiro atoms. The Balaban J connectivity index is 1.59. The normalized spacial score (nSPS) is 23.2. The van der Waals surface area contributed by atoms with E-state index in [0.717, 1.165) is 36.2 Å². The van der Waals surface area contributed by atoms with Crippen molar-refractivity contribution < 1.29 is 4.57 Å². The van der Waals surface area contributed by atoms with Crippen molar-refractivity contribution in [3.05, 3.63) is 70.0 Å². The molecule has 2 aromatic heterocycles. The number of aromatic nitrogens is 3. The molecule has 0 amide bonds. The highest BCUT2D eigenvalue weighted by Crippen LogP contribution is 2.41. The molecule has 4 rings (SSSR count). The molecule has 0 unspecified atom stereocenters. The van der Waals surface area contributed by atoms with Gasteiger partial charge in [-0.25, -0.2) is 9.55 Å². The van der Waals surface area contributed by atoms with Gasteiger partial charge in [-0.3, -0.25) is 4.79 Å². The number of nitrogens with zero attached hydrogens (tertiary/aromatic N) is 2. The smallest absolute Gasteiger partial charge is 0.259 e. The Morgan fingerprint density at radius 3 is 2.85 bits per heavy atom. The van der Waals surface area contributed by atoms with Crippen LogP contribution in [-0.4, -0.2) is 16.5 Å². The highest BCUT2D eigenvalue weighted by molar-refractivity contribution is 6.30. The lowest BCUT2D eigenvalue weighted by molar-refractivity contribution is -0.725. The fraction of sp³-hybridized carbons (Fsp3) is 0.350. The first-order chi connectivity index (χ1) is 12.6. The molecule has 26 heavy (non-hydrogen) atoms. The van der Waals surface area contributed by atoms with Crippen molar-refractivity contribution in [1.82, 2.24) is 9.97 Å². The average Bonchev–Trinajstić information content (AvgIpc) is 2.68. The lowest BCUT2D eigenvalue weighted by atomic mass is 9.68. The van der Waals surface area contributed by atoms with Crippen molar-refractivity contribution in [2.24, 2.45) is 5.73 Å². The second-order valence-electron chi connectivity index (χ2n) is 7.15. The molecule has 1 aliphatic rings. The van der Waals surface area contributed by atoms with Crippen LogP contribution in [0.4, 0.5) is 0 Å². The first kappa shape index (κ1) is 17.2. The predicted octanol–water partition coefficient (Wildman–Crippen LogP) is 2.88. The standard InChI is InChI=1S/C20H21ClN4O/c21-15-3-1-2-14(10-15)20(12-22)7-4-16(5-8-20)25-9-6-17-18(11-25)23-13-24-19(17)26/h1-3,6,9-11,13,16H,4-5,7-8,12,22H2/p+1/t16-,20-. The van der Waals surface area contributed by atoms with Crippen molar-refractivity contribution in [2.75, 3.05) is 6.54 Å². The van der Waals surface area contributed by atoms with Crippen LogP contribution in [0.15, 0.2) is 53.8 Å². The molecule has 1 saturated carbocycles. The minimum Gasteiger partial charge on any atom is -0.330 e. The first-order valence-electron chi connectivity index (χ1n) is 8.96. The monoisotopic (exact) mass is 369 g/mol. The molecule has 1 aromatic carbocycles. The van der Waals surface area contributed by atoms with Crippen molar-refractivity contribution >= 4 is 22.5 Å². The molecule has 3 N–H and O–H groups in total. The number of nitrogens with two attached hydrogens (primary N) is 1. The molecular formula is C20H22ClN4O+. The van der Waals surface area contributed by atoms with Gasteiger partial charge in [0.1, 0.15) is 5.52 Å². The van der Waals surface area contributed by atoms with E-state index in [2.05, 4.69) is 20.6 Å². The number of nitrogens with one attached hydrogen (secondary N) is 1. The fourth-order valence-electron chi connectivity index (χ4n) is 4.14. The quantitative estimate of drug-likeness (QED) is 0.697. The number of pyridine rings is 1. The van der Waals surface area contributed by atoms with Crippen LogP contribution in [0, 0.1) is 0 Å². The highest BCUT2D eigenvalue weighted by Gasteiger charge is 2.38. The van der Waals surface area contributed by atoms with E-state index >= 15 is 0 Å². The summed E-state index contributed by atoms with van der Waals surface area (Å²) in [6.45, 7) is 0.624. The summed E-state index contributed by atoms with van der Waals surface area (Å²) < 4.78 is 2.19. The third-order valence-electron chi connectivity index (χ3n) is 5.77. The Morgan fingerprint density at radius 1 is 1.31 bits per heavy atom. The highest BCUT2D eigenvalue weighted by atomic mass is 35.5. The summed E-state index contributed by atoms with van der Waals surface area (Å²) in [6, 6.07) is 10.3. The van der Waals surface area contributed by atoms with Gasteiger partial charge in [0.05, 0.1) is 11.7 Å². The van der Waals surface area contributed by atoms with Gasteiger partial charge in [-0.15, -0.1) is 0 Å². The zero-order chi connectivity index (χ0) is 18.1. The average molecular weight is 370 g/mol. The van der Waals surface area contributed by atoms with Gasteiger partial charge in [0.15, 0.2) is 18.4 Å². The van der Waals surface area contributed by atoms with Crippen LogP contribution in [0.1, 0.15) is 37.3 Å². The molecule has 0 bridgehead atoms. The molecule has 0 atom stereocenters. The molecule has 1 aliphatic carbocycles. The Bertz CT molecular complexity index is 992. The maximum absolute atomic E-state index is 11.8. The Morgan fingerprint density at radius 2 is 2.12 bits per heavy atom. The van der Waals surface area contributed by atoms with E-state index in [9.17, 15) is 4.79 Å². The zero-order valence-corrected chi connectivity index (χ0v) is 15.2. The van der Waals surface area contributed by atoms with Gasteiger partial charge in [-0.2, -0.15) is 0 Å². The Hall–Kier alpha value is -2.24. The maximum Gasteiger partial charge on any atom is 0.259 e. The molecule has 0 saturated heterocycles. The summed E-state index contributed by atoms with van der Waals surface area (Å²) in [7, 11) is 0. The molecule has 134 valence electrons. The number of hydrogen-bond acceptors (Lipinski definition) is 3. The van der Waals surface area contributed by atoms with E-state index < -0.39 is 0 Å². The lowest BCUT2D eigenvalue weighted by Crippen LogP contribution is -2.46. The van der Waals surface area contributed by atoms with Gasteiger partial charge in [-0.05, 0) is 30.5 Å². The lowest BCUT2D eigenvalue weighted by Gasteiger charge is -2.38. The van der Waals surface area contributed by atoms with E-state index in [-0.39, 0.29) is 11.0 Å². The van der Waals surface area contributed by atoms with Crippen molar-refractivity contribution in [3.8, 4) is 0 Å². The SMILES string of the molecule is NC[C@]1(c2cccc(Cl)c2)CC[C@H]([n+]2ccc3c(=O)[nH]cnc3c2)CC1. The number of rotatable bonds is 3. The second-order valence-corrected chi connectivity index (χ2v) is 7.59. The van der Waals surface area contributed by atoms with E-state index in [1.54, 1.807) is 0 Å². The van der Waals surface area contributed by atoms with E-state index in [4.69, 9.17) is 17.3 Å².